The molecule has 0 atom stereocenters. The van der Waals surface area contributed by atoms with E-state index in [4.69, 9.17) is 11.6 Å². The molecular formula is C13H17ClS. The first kappa shape index (κ1) is 11.3. The number of alkyl halides is 1. The molecule has 0 nitrogen and oxygen atoms in total. The van der Waals surface area contributed by atoms with E-state index in [9.17, 15) is 0 Å². The van der Waals surface area contributed by atoms with Crippen molar-refractivity contribution in [1.29, 1.82) is 0 Å². The van der Waals surface area contributed by atoms with Gasteiger partial charge in [0.1, 0.15) is 0 Å². The molecule has 0 amide bonds. The molecule has 1 aliphatic carbocycles. The molecule has 0 N–H and O–H groups in total. The van der Waals surface area contributed by atoms with Crippen LogP contribution in [0, 0.1) is 0 Å². The third-order valence-corrected chi connectivity index (χ3v) is 4.21. The van der Waals surface area contributed by atoms with Crippen molar-refractivity contribution in [2.45, 2.75) is 37.0 Å². The van der Waals surface area contributed by atoms with Crippen LogP contribution in [0.4, 0.5) is 0 Å². The fraction of sp³-hybridized carbons (Fsp3) is 0.538. The van der Waals surface area contributed by atoms with Crippen LogP contribution in [0.15, 0.2) is 23.1 Å². The Kier molecular flexibility index (Phi) is 4.40. The van der Waals surface area contributed by atoms with E-state index in [1.807, 2.05) is 11.8 Å². The normalized spacial score (nSPS) is 14.2. The molecule has 0 spiro atoms. The summed E-state index contributed by atoms with van der Waals surface area (Å²) in [5, 5.41) is 0. The van der Waals surface area contributed by atoms with Gasteiger partial charge in [0.15, 0.2) is 0 Å². The van der Waals surface area contributed by atoms with E-state index in [2.05, 4.69) is 18.2 Å². The topological polar surface area (TPSA) is 0 Å². The van der Waals surface area contributed by atoms with Crippen LogP contribution in [0.2, 0.25) is 0 Å². The monoisotopic (exact) mass is 240 g/mol. The number of aryl methyl sites for hydroxylation is 2. The maximum absolute atomic E-state index is 5.65. The van der Waals surface area contributed by atoms with E-state index < -0.39 is 0 Å². The van der Waals surface area contributed by atoms with Crippen LogP contribution in [0.1, 0.15) is 30.4 Å². The Balaban J connectivity index is 1.87. The summed E-state index contributed by atoms with van der Waals surface area (Å²) in [5.41, 5.74) is 3.15. The zero-order chi connectivity index (χ0) is 10.5. The molecule has 1 aromatic rings. The molecule has 0 aliphatic heterocycles. The predicted octanol–water partition coefficient (Wildman–Crippen LogP) is 4.29. The lowest BCUT2D eigenvalue weighted by atomic mass is 10.1. The maximum atomic E-state index is 5.65. The summed E-state index contributed by atoms with van der Waals surface area (Å²) in [6.07, 6.45) is 6.28. The van der Waals surface area contributed by atoms with Crippen LogP contribution in [0.3, 0.4) is 0 Å². The smallest absolute Gasteiger partial charge is 0.0223 e. The summed E-state index contributed by atoms with van der Waals surface area (Å²) < 4.78 is 0. The zero-order valence-corrected chi connectivity index (χ0v) is 10.5. The molecule has 0 fully saturated rings. The van der Waals surface area contributed by atoms with E-state index in [0.29, 0.717) is 0 Å². The molecule has 82 valence electrons. The Bertz CT molecular complexity index is 322. The minimum absolute atomic E-state index is 0.796. The Morgan fingerprint density at radius 2 is 2.00 bits per heavy atom. The lowest BCUT2D eigenvalue weighted by Gasteiger charge is -2.04. The second-order valence-corrected chi connectivity index (χ2v) is 5.57. The third-order valence-electron chi connectivity index (χ3n) is 2.87. The first-order chi connectivity index (χ1) is 7.40. The lowest BCUT2D eigenvalue weighted by molar-refractivity contribution is 0.902. The Labute approximate surface area is 101 Å². The van der Waals surface area contributed by atoms with Crippen molar-refractivity contribution in [2.24, 2.45) is 0 Å². The van der Waals surface area contributed by atoms with Crippen molar-refractivity contribution < 1.29 is 0 Å². The number of thioether (sulfide) groups is 1. The van der Waals surface area contributed by atoms with Gasteiger partial charge in [0.2, 0.25) is 0 Å². The molecular weight excluding hydrogens is 224 g/mol. The van der Waals surface area contributed by atoms with Gasteiger partial charge in [-0.15, -0.1) is 23.4 Å². The first-order valence-electron chi connectivity index (χ1n) is 5.71. The number of halogens is 1. The lowest BCUT2D eigenvalue weighted by Crippen LogP contribution is -1.85. The summed E-state index contributed by atoms with van der Waals surface area (Å²) in [6, 6.07) is 6.97. The summed E-state index contributed by atoms with van der Waals surface area (Å²) >= 11 is 7.62. The highest BCUT2D eigenvalue weighted by molar-refractivity contribution is 7.99. The number of benzene rings is 1. The number of hydrogen-bond donors (Lipinski definition) is 0. The van der Waals surface area contributed by atoms with Crippen molar-refractivity contribution in [2.75, 3.05) is 11.6 Å². The molecule has 2 rings (SSSR count). The average Bonchev–Trinajstić information content (AvgIpc) is 2.71. The number of fused-ring (bicyclic) bond motifs is 1. The van der Waals surface area contributed by atoms with E-state index in [1.54, 1.807) is 11.1 Å². The van der Waals surface area contributed by atoms with Crippen molar-refractivity contribution in [3.63, 3.8) is 0 Å². The largest absolute Gasteiger partial charge is 0.127 e. The molecule has 15 heavy (non-hydrogen) atoms. The van der Waals surface area contributed by atoms with Gasteiger partial charge in [-0.25, -0.2) is 0 Å². The summed E-state index contributed by atoms with van der Waals surface area (Å²) in [4.78, 5) is 1.44. The Morgan fingerprint density at radius 1 is 1.13 bits per heavy atom. The van der Waals surface area contributed by atoms with Crippen LogP contribution >= 0.6 is 23.4 Å². The zero-order valence-electron chi connectivity index (χ0n) is 8.97. The van der Waals surface area contributed by atoms with Gasteiger partial charge in [-0.05, 0) is 61.1 Å². The molecule has 0 saturated heterocycles. The van der Waals surface area contributed by atoms with Crippen molar-refractivity contribution >= 4 is 23.4 Å². The highest BCUT2D eigenvalue weighted by Gasteiger charge is 2.10. The molecule has 1 aliphatic rings. The van der Waals surface area contributed by atoms with Crippen molar-refractivity contribution in [3.05, 3.63) is 29.3 Å². The van der Waals surface area contributed by atoms with Gasteiger partial charge in [-0.1, -0.05) is 6.07 Å². The van der Waals surface area contributed by atoms with Crippen molar-refractivity contribution in [1.82, 2.24) is 0 Å². The first-order valence-corrected chi connectivity index (χ1v) is 7.23. The molecule has 0 radical (unpaired) electrons. The number of unbranched alkanes of at least 4 members (excludes halogenated alkanes) is 1. The molecule has 0 unspecified atom stereocenters. The molecule has 0 heterocycles. The van der Waals surface area contributed by atoms with Crippen LogP contribution < -0.4 is 0 Å². The van der Waals surface area contributed by atoms with Crippen LogP contribution in [0.5, 0.6) is 0 Å². The highest BCUT2D eigenvalue weighted by atomic mass is 35.5. The van der Waals surface area contributed by atoms with Crippen LogP contribution in [0.25, 0.3) is 0 Å². The molecule has 1 aromatic carbocycles. The van der Waals surface area contributed by atoms with Crippen molar-refractivity contribution in [3.8, 4) is 0 Å². The fourth-order valence-electron chi connectivity index (χ4n) is 2.02. The van der Waals surface area contributed by atoms with E-state index in [1.165, 1.54) is 36.3 Å². The van der Waals surface area contributed by atoms with E-state index >= 15 is 0 Å². The fourth-order valence-corrected chi connectivity index (χ4v) is 3.19. The van der Waals surface area contributed by atoms with Crippen LogP contribution in [-0.4, -0.2) is 11.6 Å². The number of rotatable bonds is 5. The third kappa shape index (κ3) is 3.15. The van der Waals surface area contributed by atoms with Crippen LogP contribution in [-0.2, 0) is 12.8 Å². The molecule has 0 bridgehead atoms. The highest BCUT2D eigenvalue weighted by Crippen LogP contribution is 2.27. The van der Waals surface area contributed by atoms with Gasteiger partial charge in [-0.2, -0.15) is 0 Å². The second-order valence-electron chi connectivity index (χ2n) is 4.03. The Hall–Kier alpha value is -0.140. The molecule has 2 heteroatoms. The minimum atomic E-state index is 0.796. The Morgan fingerprint density at radius 3 is 2.87 bits per heavy atom. The maximum Gasteiger partial charge on any atom is 0.0223 e. The summed E-state index contributed by atoms with van der Waals surface area (Å²) in [7, 11) is 0. The van der Waals surface area contributed by atoms with Gasteiger partial charge < -0.3 is 0 Å². The van der Waals surface area contributed by atoms with E-state index in [0.717, 1.165) is 12.3 Å². The number of hydrogen-bond acceptors (Lipinski definition) is 1. The average molecular weight is 241 g/mol. The van der Waals surface area contributed by atoms with Gasteiger partial charge in [-0.3, -0.25) is 0 Å². The minimum Gasteiger partial charge on any atom is -0.127 e. The van der Waals surface area contributed by atoms with Gasteiger partial charge >= 0.3 is 0 Å². The SMILES string of the molecule is ClCCCCSc1ccc2c(c1)CCC2. The summed E-state index contributed by atoms with van der Waals surface area (Å²) in [6.45, 7) is 0. The van der Waals surface area contributed by atoms with Gasteiger partial charge in [0.05, 0.1) is 0 Å². The quantitative estimate of drug-likeness (QED) is 0.421. The van der Waals surface area contributed by atoms with E-state index in [-0.39, 0.29) is 0 Å². The molecule has 0 saturated carbocycles. The predicted molar refractivity (Wildman–Crippen MR) is 69.1 cm³/mol. The molecule has 0 aromatic heterocycles. The second kappa shape index (κ2) is 5.81. The van der Waals surface area contributed by atoms with Gasteiger partial charge in [0.25, 0.3) is 0 Å². The summed E-state index contributed by atoms with van der Waals surface area (Å²) in [5.74, 6) is 2.00. The van der Waals surface area contributed by atoms with Gasteiger partial charge in [0, 0.05) is 10.8 Å². The standard InChI is InChI=1S/C13H17ClS/c14-8-1-2-9-15-13-7-6-11-4-3-5-12(11)10-13/h6-7,10H,1-5,8-9H2.